The Morgan fingerprint density at radius 2 is 2.00 bits per heavy atom. The molecule has 0 aromatic carbocycles. The zero-order valence-electron chi connectivity index (χ0n) is 11.0. The van der Waals surface area contributed by atoms with Crippen LogP contribution in [0.3, 0.4) is 0 Å². The minimum Gasteiger partial charge on any atom is -0.437 e. The van der Waals surface area contributed by atoms with E-state index in [0.29, 0.717) is 11.3 Å². The van der Waals surface area contributed by atoms with Gasteiger partial charge in [-0.15, -0.1) is 0 Å². The van der Waals surface area contributed by atoms with Crippen LogP contribution in [0, 0.1) is 13.8 Å². The summed E-state index contributed by atoms with van der Waals surface area (Å²) in [6, 6.07) is 0.593. The zero-order valence-corrected chi connectivity index (χ0v) is 11.8. The first-order valence-electron chi connectivity index (χ1n) is 6.48. The average molecular weight is 254 g/mol. The molecule has 4 heteroatoms. The minimum atomic E-state index is 0.593. The highest BCUT2D eigenvalue weighted by atomic mass is 32.2. The fourth-order valence-electron chi connectivity index (χ4n) is 2.37. The van der Waals surface area contributed by atoms with Gasteiger partial charge >= 0.3 is 0 Å². The van der Waals surface area contributed by atoms with E-state index in [1.165, 1.54) is 32.1 Å². The molecule has 0 amide bonds. The normalized spacial score (nSPS) is 25.8. The van der Waals surface area contributed by atoms with Crippen molar-refractivity contribution in [2.24, 2.45) is 0 Å². The third kappa shape index (κ3) is 3.26. The summed E-state index contributed by atoms with van der Waals surface area (Å²) in [6.45, 7) is 3.99. The molecule has 0 aliphatic heterocycles. The van der Waals surface area contributed by atoms with E-state index < -0.39 is 0 Å². The van der Waals surface area contributed by atoms with E-state index in [-0.39, 0.29) is 0 Å². The number of nitrogens with zero attached hydrogens (tertiary/aromatic N) is 1. The maximum atomic E-state index is 5.67. The summed E-state index contributed by atoms with van der Waals surface area (Å²) in [5.41, 5.74) is 1.02. The Balaban J connectivity index is 2.04. The lowest BCUT2D eigenvalue weighted by Crippen LogP contribution is -2.34. The third-order valence-electron chi connectivity index (χ3n) is 3.58. The zero-order chi connectivity index (χ0) is 12.3. The molecule has 1 aliphatic carbocycles. The topological polar surface area (TPSA) is 38.1 Å². The van der Waals surface area contributed by atoms with E-state index in [4.69, 9.17) is 4.42 Å². The van der Waals surface area contributed by atoms with E-state index in [0.717, 1.165) is 16.7 Å². The van der Waals surface area contributed by atoms with Crippen molar-refractivity contribution in [3.8, 4) is 0 Å². The van der Waals surface area contributed by atoms with E-state index in [1.807, 2.05) is 13.8 Å². The molecule has 1 fully saturated rings. The molecule has 1 saturated carbocycles. The lowest BCUT2D eigenvalue weighted by atomic mass is 10.1. The molecule has 1 aliphatic rings. The van der Waals surface area contributed by atoms with Gasteiger partial charge in [-0.1, -0.05) is 31.0 Å². The summed E-state index contributed by atoms with van der Waals surface area (Å²) in [7, 11) is 2.07. The first-order chi connectivity index (χ1) is 8.20. The Bertz CT molecular complexity index is 345. The molecule has 0 spiro atoms. The van der Waals surface area contributed by atoms with Gasteiger partial charge in [0, 0.05) is 11.3 Å². The largest absolute Gasteiger partial charge is 0.437 e. The first kappa shape index (κ1) is 13.0. The predicted molar refractivity (Wildman–Crippen MR) is 71.6 cm³/mol. The van der Waals surface area contributed by atoms with Crippen LogP contribution in [0.25, 0.3) is 0 Å². The minimum absolute atomic E-state index is 0.593. The summed E-state index contributed by atoms with van der Waals surface area (Å²) in [4.78, 5) is 4.47. The van der Waals surface area contributed by atoms with Crippen LogP contribution < -0.4 is 5.32 Å². The molecule has 3 nitrogen and oxygen atoms in total. The SMILES string of the molecule is CNC1CCCCCC1Sc1nc(C)c(C)o1. The number of thioether (sulfide) groups is 1. The van der Waals surface area contributed by atoms with Crippen molar-refractivity contribution in [3.63, 3.8) is 0 Å². The number of hydrogen-bond acceptors (Lipinski definition) is 4. The predicted octanol–water partition coefficient (Wildman–Crippen LogP) is 3.30. The highest BCUT2D eigenvalue weighted by Gasteiger charge is 2.25. The fraction of sp³-hybridized carbons (Fsp3) is 0.769. The molecule has 96 valence electrons. The summed E-state index contributed by atoms with van der Waals surface area (Å²) < 4.78 is 5.67. The second kappa shape index (κ2) is 5.91. The second-order valence-electron chi connectivity index (χ2n) is 4.81. The Labute approximate surface area is 108 Å². The fourth-order valence-corrected chi connectivity index (χ4v) is 3.71. The summed E-state index contributed by atoms with van der Waals surface area (Å²) in [5, 5.41) is 4.88. The van der Waals surface area contributed by atoms with Crippen molar-refractivity contribution in [3.05, 3.63) is 11.5 Å². The number of aromatic nitrogens is 1. The number of hydrogen-bond donors (Lipinski definition) is 1. The molecule has 1 aromatic rings. The van der Waals surface area contributed by atoms with Crippen LogP contribution in [0.15, 0.2) is 9.64 Å². The molecule has 0 bridgehead atoms. The van der Waals surface area contributed by atoms with Crippen LogP contribution in [-0.4, -0.2) is 23.3 Å². The van der Waals surface area contributed by atoms with Crippen LogP contribution in [0.1, 0.15) is 43.6 Å². The van der Waals surface area contributed by atoms with Crippen LogP contribution in [-0.2, 0) is 0 Å². The van der Waals surface area contributed by atoms with Crippen LogP contribution in [0.4, 0.5) is 0 Å². The smallest absolute Gasteiger partial charge is 0.256 e. The number of nitrogens with one attached hydrogen (secondary N) is 1. The van der Waals surface area contributed by atoms with Crippen LogP contribution >= 0.6 is 11.8 Å². The van der Waals surface area contributed by atoms with Gasteiger partial charge in [0.1, 0.15) is 5.76 Å². The van der Waals surface area contributed by atoms with Crippen molar-refractivity contribution in [2.45, 2.75) is 62.5 Å². The molecule has 0 saturated heterocycles. The van der Waals surface area contributed by atoms with Crippen molar-refractivity contribution in [2.75, 3.05) is 7.05 Å². The molecule has 2 atom stereocenters. The molecule has 0 radical (unpaired) electrons. The third-order valence-corrected chi connectivity index (χ3v) is 4.83. The second-order valence-corrected chi connectivity index (χ2v) is 6.00. The Morgan fingerprint density at radius 1 is 1.24 bits per heavy atom. The van der Waals surface area contributed by atoms with E-state index >= 15 is 0 Å². The van der Waals surface area contributed by atoms with Crippen molar-refractivity contribution in [1.82, 2.24) is 10.3 Å². The van der Waals surface area contributed by atoms with Gasteiger partial charge in [0.05, 0.1) is 5.69 Å². The summed E-state index contributed by atoms with van der Waals surface area (Å²) in [5.74, 6) is 0.946. The van der Waals surface area contributed by atoms with Crippen LogP contribution in [0.5, 0.6) is 0 Å². The van der Waals surface area contributed by atoms with Gasteiger partial charge in [0.15, 0.2) is 0 Å². The van der Waals surface area contributed by atoms with E-state index in [9.17, 15) is 0 Å². The molecule has 2 rings (SSSR count). The molecule has 1 aromatic heterocycles. The van der Waals surface area contributed by atoms with Gasteiger partial charge in [0.25, 0.3) is 5.22 Å². The van der Waals surface area contributed by atoms with Gasteiger partial charge in [-0.3, -0.25) is 0 Å². The highest BCUT2D eigenvalue weighted by Crippen LogP contribution is 2.33. The van der Waals surface area contributed by atoms with Crippen molar-refractivity contribution in [1.29, 1.82) is 0 Å². The Morgan fingerprint density at radius 3 is 2.65 bits per heavy atom. The Kier molecular flexibility index (Phi) is 4.51. The number of rotatable bonds is 3. The molecular formula is C13H22N2OS. The molecular weight excluding hydrogens is 232 g/mol. The van der Waals surface area contributed by atoms with Gasteiger partial charge in [-0.05, 0) is 33.7 Å². The van der Waals surface area contributed by atoms with E-state index in [1.54, 1.807) is 11.8 Å². The van der Waals surface area contributed by atoms with Crippen molar-refractivity contribution < 1.29 is 4.42 Å². The average Bonchev–Trinajstić information content (AvgIpc) is 2.53. The van der Waals surface area contributed by atoms with Gasteiger partial charge in [-0.2, -0.15) is 0 Å². The lowest BCUT2D eigenvalue weighted by molar-refractivity contribution is 0.426. The maximum absolute atomic E-state index is 5.67. The van der Waals surface area contributed by atoms with E-state index in [2.05, 4.69) is 17.3 Å². The van der Waals surface area contributed by atoms with Crippen LogP contribution in [0.2, 0.25) is 0 Å². The Hall–Kier alpha value is -0.480. The summed E-state index contributed by atoms with van der Waals surface area (Å²) >= 11 is 1.81. The molecule has 17 heavy (non-hydrogen) atoms. The van der Waals surface area contributed by atoms with Gasteiger partial charge < -0.3 is 9.73 Å². The van der Waals surface area contributed by atoms with Gasteiger partial charge in [0.2, 0.25) is 0 Å². The quantitative estimate of drug-likeness (QED) is 0.840. The molecule has 2 unspecified atom stereocenters. The maximum Gasteiger partial charge on any atom is 0.256 e. The number of aryl methyl sites for hydroxylation is 2. The highest BCUT2D eigenvalue weighted by molar-refractivity contribution is 7.99. The first-order valence-corrected chi connectivity index (χ1v) is 7.36. The molecule has 1 heterocycles. The monoisotopic (exact) mass is 254 g/mol. The van der Waals surface area contributed by atoms with Crippen molar-refractivity contribution >= 4 is 11.8 Å². The standard InChI is InChI=1S/C13H22N2OS/c1-9-10(2)16-13(15-9)17-12-8-6-4-5-7-11(12)14-3/h11-12,14H,4-8H2,1-3H3. The van der Waals surface area contributed by atoms with Gasteiger partial charge in [-0.25, -0.2) is 4.98 Å². The number of oxazole rings is 1. The lowest BCUT2D eigenvalue weighted by Gasteiger charge is -2.22. The molecule has 1 N–H and O–H groups in total. The summed E-state index contributed by atoms with van der Waals surface area (Å²) in [6.07, 6.45) is 6.56.